The van der Waals surface area contributed by atoms with Crippen molar-refractivity contribution in [2.24, 2.45) is 0 Å². The smallest absolute Gasteiger partial charge is 0.219 e. The number of amides is 1. The Kier molecular flexibility index (Phi) is 17.0. The molecular weight excluding hydrogens is 294 g/mol. The Hall–Kier alpha value is -0.220. The van der Waals surface area contributed by atoms with Gasteiger partial charge in [0.2, 0.25) is 5.91 Å². The van der Waals surface area contributed by atoms with E-state index < -0.39 is 0 Å². The second-order valence-corrected chi connectivity index (χ2v) is 6.55. The Bertz CT molecular complexity index is 249. The third kappa shape index (κ3) is 16.2. The standard InChI is InChI=1S/C18H37NO2S/c1-3-4-5-6-7-8-9-10-11-12-16-19-18(20)15-13-14-17(2)21-22/h17,22H,3-16H2,1-2H3,(H,19,20). The zero-order chi connectivity index (χ0) is 16.5. The number of nitrogens with one attached hydrogen (secondary N) is 1. The van der Waals surface area contributed by atoms with Crippen molar-refractivity contribution in [3.05, 3.63) is 0 Å². The summed E-state index contributed by atoms with van der Waals surface area (Å²) in [4.78, 5) is 11.6. The van der Waals surface area contributed by atoms with Crippen molar-refractivity contribution in [2.45, 2.75) is 103 Å². The maximum Gasteiger partial charge on any atom is 0.219 e. The molecule has 0 radical (unpaired) electrons. The molecule has 0 bridgehead atoms. The first-order valence-electron chi connectivity index (χ1n) is 9.27. The molecule has 1 atom stereocenters. The van der Waals surface area contributed by atoms with Gasteiger partial charge in [0, 0.05) is 13.0 Å². The molecule has 1 unspecified atom stereocenters. The number of carbonyl (C=O) groups excluding carboxylic acids is 1. The average Bonchev–Trinajstić information content (AvgIpc) is 2.52. The third-order valence-corrected chi connectivity index (χ3v) is 4.41. The van der Waals surface area contributed by atoms with Crippen LogP contribution in [-0.2, 0) is 8.98 Å². The van der Waals surface area contributed by atoms with E-state index in [4.69, 9.17) is 4.18 Å². The van der Waals surface area contributed by atoms with Crippen LogP contribution in [-0.4, -0.2) is 18.6 Å². The molecular formula is C18H37NO2S. The Labute approximate surface area is 143 Å². The minimum Gasteiger partial charge on any atom is -0.356 e. The molecule has 0 aromatic carbocycles. The van der Waals surface area contributed by atoms with Gasteiger partial charge in [-0.1, -0.05) is 64.7 Å². The molecule has 22 heavy (non-hydrogen) atoms. The van der Waals surface area contributed by atoms with Gasteiger partial charge in [-0.25, -0.2) is 0 Å². The van der Waals surface area contributed by atoms with Crippen molar-refractivity contribution in [3.8, 4) is 0 Å². The van der Waals surface area contributed by atoms with Crippen LogP contribution in [0.25, 0.3) is 0 Å². The second-order valence-electron chi connectivity index (χ2n) is 6.34. The number of rotatable bonds is 16. The molecule has 4 heteroatoms. The molecule has 0 saturated heterocycles. The predicted octanol–water partition coefficient (Wildman–Crippen LogP) is 5.44. The van der Waals surface area contributed by atoms with Crippen LogP contribution in [0.4, 0.5) is 0 Å². The fourth-order valence-corrected chi connectivity index (χ4v) is 2.64. The summed E-state index contributed by atoms with van der Waals surface area (Å²) >= 11 is 3.76. The Morgan fingerprint density at radius 3 is 2.05 bits per heavy atom. The number of hydrogen-bond donors (Lipinski definition) is 2. The molecule has 1 amide bonds. The first-order valence-corrected chi connectivity index (χ1v) is 9.64. The summed E-state index contributed by atoms with van der Waals surface area (Å²) in [6.45, 7) is 5.05. The predicted molar refractivity (Wildman–Crippen MR) is 98.2 cm³/mol. The zero-order valence-electron chi connectivity index (χ0n) is 14.7. The SMILES string of the molecule is CCCCCCCCCCCCNC(=O)CCCC(C)OS. The topological polar surface area (TPSA) is 38.3 Å². The molecule has 3 nitrogen and oxygen atoms in total. The van der Waals surface area contributed by atoms with E-state index in [1.165, 1.54) is 57.8 Å². The minimum absolute atomic E-state index is 0.123. The Balaban J connectivity index is 3.17. The number of hydrogen-bond acceptors (Lipinski definition) is 3. The van der Waals surface area contributed by atoms with E-state index in [-0.39, 0.29) is 12.0 Å². The zero-order valence-corrected chi connectivity index (χ0v) is 15.6. The summed E-state index contributed by atoms with van der Waals surface area (Å²) in [5, 5.41) is 3.00. The maximum atomic E-state index is 11.6. The summed E-state index contributed by atoms with van der Waals surface area (Å²) in [6.07, 6.45) is 15.8. The molecule has 0 aliphatic carbocycles. The fourth-order valence-electron chi connectivity index (χ4n) is 2.53. The molecule has 0 fully saturated rings. The van der Waals surface area contributed by atoms with E-state index in [0.717, 1.165) is 25.8 Å². The minimum atomic E-state index is 0.123. The Morgan fingerprint density at radius 2 is 1.50 bits per heavy atom. The van der Waals surface area contributed by atoms with Crippen molar-refractivity contribution >= 4 is 18.8 Å². The van der Waals surface area contributed by atoms with Crippen molar-refractivity contribution in [1.82, 2.24) is 5.32 Å². The van der Waals surface area contributed by atoms with Crippen molar-refractivity contribution in [1.29, 1.82) is 0 Å². The molecule has 0 rings (SSSR count). The molecule has 0 aliphatic heterocycles. The lowest BCUT2D eigenvalue weighted by Crippen LogP contribution is -2.24. The maximum absolute atomic E-state index is 11.6. The summed E-state index contributed by atoms with van der Waals surface area (Å²) in [6, 6.07) is 0. The van der Waals surface area contributed by atoms with Crippen molar-refractivity contribution in [2.75, 3.05) is 6.54 Å². The van der Waals surface area contributed by atoms with Gasteiger partial charge in [-0.15, -0.1) is 0 Å². The van der Waals surface area contributed by atoms with Gasteiger partial charge in [0.15, 0.2) is 0 Å². The summed E-state index contributed by atoms with van der Waals surface area (Å²) < 4.78 is 4.87. The van der Waals surface area contributed by atoms with Gasteiger partial charge < -0.3 is 9.50 Å². The monoisotopic (exact) mass is 331 g/mol. The lowest BCUT2D eigenvalue weighted by atomic mass is 10.1. The lowest BCUT2D eigenvalue weighted by Gasteiger charge is -2.08. The molecule has 0 heterocycles. The molecule has 0 aromatic rings. The van der Waals surface area contributed by atoms with Gasteiger partial charge in [0.25, 0.3) is 0 Å². The van der Waals surface area contributed by atoms with Gasteiger partial charge >= 0.3 is 0 Å². The van der Waals surface area contributed by atoms with Crippen LogP contribution < -0.4 is 5.32 Å². The van der Waals surface area contributed by atoms with Crippen molar-refractivity contribution in [3.63, 3.8) is 0 Å². The Morgan fingerprint density at radius 1 is 0.955 bits per heavy atom. The van der Waals surface area contributed by atoms with Gasteiger partial charge in [-0.05, 0) is 39.1 Å². The molecule has 0 saturated carbocycles. The molecule has 1 N–H and O–H groups in total. The van der Waals surface area contributed by atoms with Gasteiger partial charge in [0.05, 0.1) is 6.10 Å². The van der Waals surface area contributed by atoms with Crippen LogP contribution in [0, 0.1) is 0 Å². The van der Waals surface area contributed by atoms with E-state index in [1.54, 1.807) is 0 Å². The van der Waals surface area contributed by atoms with E-state index in [9.17, 15) is 4.79 Å². The highest BCUT2D eigenvalue weighted by molar-refractivity contribution is 7.75. The quantitative estimate of drug-likeness (QED) is 0.224. The van der Waals surface area contributed by atoms with Crippen molar-refractivity contribution < 1.29 is 8.98 Å². The summed E-state index contributed by atoms with van der Waals surface area (Å²) in [5.41, 5.74) is 0. The van der Waals surface area contributed by atoms with E-state index >= 15 is 0 Å². The van der Waals surface area contributed by atoms with Crippen LogP contribution in [0.3, 0.4) is 0 Å². The molecule has 0 spiro atoms. The highest BCUT2D eigenvalue weighted by Crippen LogP contribution is 2.10. The highest BCUT2D eigenvalue weighted by atomic mass is 32.1. The van der Waals surface area contributed by atoms with Crippen LogP contribution in [0.15, 0.2) is 0 Å². The first kappa shape index (κ1) is 21.8. The van der Waals surface area contributed by atoms with E-state index in [1.807, 2.05) is 6.92 Å². The van der Waals surface area contributed by atoms with Gasteiger partial charge in [-0.2, -0.15) is 0 Å². The second kappa shape index (κ2) is 17.1. The molecule has 0 aromatic heterocycles. The lowest BCUT2D eigenvalue weighted by molar-refractivity contribution is -0.121. The molecule has 0 aliphatic rings. The average molecular weight is 332 g/mol. The van der Waals surface area contributed by atoms with Crippen LogP contribution in [0.5, 0.6) is 0 Å². The third-order valence-electron chi connectivity index (χ3n) is 4.05. The van der Waals surface area contributed by atoms with Gasteiger partial charge in [0.1, 0.15) is 0 Å². The number of carbonyl (C=O) groups is 1. The van der Waals surface area contributed by atoms with E-state index in [0.29, 0.717) is 6.42 Å². The van der Waals surface area contributed by atoms with Gasteiger partial charge in [-0.3, -0.25) is 4.79 Å². The highest BCUT2D eigenvalue weighted by Gasteiger charge is 2.04. The summed E-state index contributed by atoms with van der Waals surface area (Å²) in [5.74, 6) is 0.169. The fraction of sp³-hybridized carbons (Fsp3) is 0.944. The molecule has 132 valence electrons. The van der Waals surface area contributed by atoms with E-state index in [2.05, 4.69) is 25.2 Å². The number of unbranched alkanes of at least 4 members (excludes halogenated alkanes) is 9. The van der Waals surface area contributed by atoms with Crippen LogP contribution in [0.2, 0.25) is 0 Å². The van der Waals surface area contributed by atoms with Crippen LogP contribution >= 0.6 is 12.9 Å². The summed E-state index contributed by atoms with van der Waals surface area (Å²) in [7, 11) is 0. The largest absolute Gasteiger partial charge is 0.356 e. The van der Waals surface area contributed by atoms with Crippen LogP contribution in [0.1, 0.15) is 97.3 Å². The number of thiol groups is 1. The normalized spacial score (nSPS) is 12.3. The first-order chi connectivity index (χ1) is 10.7.